The first-order valence-electron chi connectivity index (χ1n) is 8.96. The van der Waals surface area contributed by atoms with Gasteiger partial charge in [0.2, 0.25) is 0 Å². The molecule has 0 bridgehead atoms. The fraction of sp³-hybridized carbons (Fsp3) is 0.217. The van der Waals surface area contributed by atoms with Gasteiger partial charge in [0.05, 0.1) is 5.56 Å². The van der Waals surface area contributed by atoms with Crippen LogP contribution in [0.5, 0.6) is 5.75 Å². The molecule has 1 aliphatic rings. The van der Waals surface area contributed by atoms with Gasteiger partial charge in [-0.3, -0.25) is 4.79 Å². The Hall–Kier alpha value is -3.14. The molecule has 0 radical (unpaired) electrons. The van der Waals surface area contributed by atoms with E-state index in [2.05, 4.69) is 13.8 Å². The molecule has 3 aromatic carbocycles. The first-order chi connectivity index (χ1) is 12.8. The maximum absolute atomic E-state index is 12.9. The highest BCUT2D eigenvalue weighted by atomic mass is 16.5. The lowest BCUT2D eigenvalue weighted by atomic mass is 9.91. The normalized spacial score (nSPS) is 15.0. The SMILES string of the molecule is CC1(C)CCc2cc(C(=O)c3ccc4cc(C(=O)O)ccc4c3)ccc2O1. The molecule has 0 aliphatic carbocycles. The monoisotopic (exact) mass is 360 g/mol. The van der Waals surface area contributed by atoms with E-state index >= 15 is 0 Å². The summed E-state index contributed by atoms with van der Waals surface area (Å²) in [6.45, 7) is 4.14. The van der Waals surface area contributed by atoms with E-state index in [1.165, 1.54) is 0 Å². The Balaban J connectivity index is 1.66. The van der Waals surface area contributed by atoms with Crippen molar-refractivity contribution >= 4 is 22.5 Å². The predicted molar refractivity (Wildman–Crippen MR) is 104 cm³/mol. The van der Waals surface area contributed by atoms with E-state index in [0.29, 0.717) is 11.1 Å². The quantitative estimate of drug-likeness (QED) is 0.677. The van der Waals surface area contributed by atoms with Crippen molar-refractivity contribution < 1.29 is 19.4 Å². The highest BCUT2D eigenvalue weighted by Crippen LogP contribution is 2.34. The van der Waals surface area contributed by atoms with Crippen LogP contribution in [-0.2, 0) is 6.42 Å². The van der Waals surface area contributed by atoms with Crippen molar-refractivity contribution in [3.8, 4) is 5.75 Å². The van der Waals surface area contributed by atoms with Crippen molar-refractivity contribution in [2.75, 3.05) is 0 Å². The number of aromatic carboxylic acids is 1. The largest absolute Gasteiger partial charge is 0.488 e. The molecule has 4 rings (SSSR count). The van der Waals surface area contributed by atoms with Gasteiger partial charge in [-0.25, -0.2) is 4.79 Å². The topological polar surface area (TPSA) is 63.6 Å². The van der Waals surface area contributed by atoms with Gasteiger partial charge < -0.3 is 9.84 Å². The third-order valence-electron chi connectivity index (χ3n) is 5.05. The molecule has 4 heteroatoms. The molecule has 1 N–H and O–H groups in total. The molecule has 3 aromatic rings. The van der Waals surface area contributed by atoms with Gasteiger partial charge >= 0.3 is 5.97 Å². The van der Waals surface area contributed by atoms with Crippen molar-refractivity contribution in [2.45, 2.75) is 32.3 Å². The molecule has 0 amide bonds. The number of ether oxygens (including phenoxy) is 1. The van der Waals surface area contributed by atoms with Gasteiger partial charge in [0, 0.05) is 11.1 Å². The molecule has 1 heterocycles. The Morgan fingerprint density at radius 3 is 2.19 bits per heavy atom. The standard InChI is InChI=1S/C23H20O4/c1-23(2)10-9-16-13-18(7-8-20(16)27-23)21(24)17-5-3-15-12-19(22(25)26)6-4-14(15)11-17/h3-8,11-13H,9-10H2,1-2H3,(H,25,26). The number of carbonyl (C=O) groups is 2. The molecule has 0 saturated heterocycles. The summed E-state index contributed by atoms with van der Waals surface area (Å²) in [5.74, 6) is -0.161. The van der Waals surface area contributed by atoms with Crippen molar-refractivity contribution in [1.29, 1.82) is 0 Å². The maximum atomic E-state index is 12.9. The third-order valence-corrected chi connectivity index (χ3v) is 5.05. The minimum Gasteiger partial charge on any atom is -0.488 e. The number of ketones is 1. The van der Waals surface area contributed by atoms with E-state index in [1.54, 1.807) is 36.4 Å². The van der Waals surface area contributed by atoms with Crippen LogP contribution in [-0.4, -0.2) is 22.5 Å². The lowest BCUT2D eigenvalue weighted by Gasteiger charge is -2.32. The zero-order valence-electron chi connectivity index (χ0n) is 15.3. The van der Waals surface area contributed by atoms with Gasteiger partial charge in [0.1, 0.15) is 11.4 Å². The average Bonchev–Trinajstić information content (AvgIpc) is 2.65. The lowest BCUT2D eigenvalue weighted by Crippen LogP contribution is -2.32. The van der Waals surface area contributed by atoms with Crippen LogP contribution in [0.25, 0.3) is 10.8 Å². The van der Waals surface area contributed by atoms with Crippen LogP contribution in [0.3, 0.4) is 0 Å². The van der Waals surface area contributed by atoms with Crippen LogP contribution in [0, 0.1) is 0 Å². The second-order valence-electron chi connectivity index (χ2n) is 7.60. The summed E-state index contributed by atoms with van der Waals surface area (Å²) >= 11 is 0. The summed E-state index contributed by atoms with van der Waals surface area (Å²) in [6.07, 6.45) is 1.80. The van der Waals surface area contributed by atoms with E-state index in [1.807, 2.05) is 18.2 Å². The molecule has 0 fully saturated rings. The summed E-state index contributed by atoms with van der Waals surface area (Å²) in [7, 11) is 0. The number of benzene rings is 3. The highest BCUT2D eigenvalue weighted by Gasteiger charge is 2.27. The number of carboxylic acids is 1. The second kappa shape index (κ2) is 6.23. The smallest absolute Gasteiger partial charge is 0.335 e. The Morgan fingerprint density at radius 2 is 1.48 bits per heavy atom. The van der Waals surface area contributed by atoms with Crippen LogP contribution >= 0.6 is 0 Å². The van der Waals surface area contributed by atoms with Gasteiger partial charge in [-0.2, -0.15) is 0 Å². The van der Waals surface area contributed by atoms with Gasteiger partial charge in [0.25, 0.3) is 0 Å². The molecule has 136 valence electrons. The average molecular weight is 360 g/mol. The van der Waals surface area contributed by atoms with E-state index in [4.69, 9.17) is 9.84 Å². The fourth-order valence-electron chi connectivity index (χ4n) is 3.49. The van der Waals surface area contributed by atoms with Crippen LogP contribution in [0.4, 0.5) is 0 Å². The van der Waals surface area contributed by atoms with Crippen molar-refractivity contribution in [3.63, 3.8) is 0 Å². The summed E-state index contributed by atoms with van der Waals surface area (Å²) in [5, 5.41) is 10.7. The molecule has 0 saturated carbocycles. The molecule has 4 nitrogen and oxygen atoms in total. The van der Waals surface area contributed by atoms with Crippen LogP contribution in [0.15, 0.2) is 54.6 Å². The molecule has 1 aliphatic heterocycles. The molecule has 0 atom stereocenters. The number of carboxylic acid groups (broad SMARTS) is 1. The van der Waals surface area contributed by atoms with Crippen LogP contribution in [0.2, 0.25) is 0 Å². The fourth-order valence-corrected chi connectivity index (χ4v) is 3.49. The Morgan fingerprint density at radius 1 is 0.889 bits per heavy atom. The Labute approximate surface area is 157 Å². The second-order valence-corrected chi connectivity index (χ2v) is 7.60. The van der Waals surface area contributed by atoms with Gasteiger partial charge in [-0.15, -0.1) is 0 Å². The van der Waals surface area contributed by atoms with E-state index in [-0.39, 0.29) is 16.9 Å². The number of carbonyl (C=O) groups excluding carboxylic acids is 1. The summed E-state index contributed by atoms with van der Waals surface area (Å²) in [5.41, 5.74) is 2.35. The van der Waals surface area contributed by atoms with E-state index < -0.39 is 5.97 Å². The Kier molecular flexibility index (Phi) is 3.99. The van der Waals surface area contributed by atoms with Crippen molar-refractivity contribution in [3.05, 3.63) is 76.9 Å². The molecule has 0 aromatic heterocycles. The molecular formula is C23H20O4. The number of hydrogen-bond donors (Lipinski definition) is 1. The number of fused-ring (bicyclic) bond motifs is 2. The highest BCUT2D eigenvalue weighted by molar-refractivity contribution is 6.11. The third kappa shape index (κ3) is 3.31. The number of rotatable bonds is 3. The first-order valence-corrected chi connectivity index (χ1v) is 8.96. The molecular weight excluding hydrogens is 340 g/mol. The van der Waals surface area contributed by atoms with Crippen molar-refractivity contribution in [1.82, 2.24) is 0 Å². The lowest BCUT2D eigenvalue weighted by molar-refractivity contribution is 0.0696. The maximum Gasteiger partial charge on any atom is 0.335 e. The minimum atomic E-state index is -0.962. The predicted octanol–water partition coefficient (Wildman–Crippen LogP) is 4.87. The van der Waals surface area contributed by atoms with Crippen LogP contribution < -0.4 is 4.74 Å². The van der Waals surface area contributed by atoms with Crippen molar-refractivity contribution in [2.24, 2.45) is 0 Å². The zero-order chi connectivity index (χ0) is 19.2. The molecule has 0 spiro atoms. The van der Waals surface area contributed by atoms with Gasteiger partial charge in [-0.05, 0) is 79.4 Å². The number of aryl methyl sites for hydroxylation is 1. The van der Waals surface area contributed by atoms with Gasteiger partial charge in [-0.1, -0.05) is 18.2 Å². The first kappa shape index (κ1) is 17.3. The van der Waals surface area contributed by atoms with E-state index in [9.17, 15) is 9.59 Å². The van der Waals surface area contributed by atoms with Crippen LogP contribution in [0.1, 0.15) is 52.1 Å². The zero-order valence-corrected chi connectivity index (χ0v) is 15.3. The Bertz CT molecular complexity index is 1080. The summed E-state index contributed by atoms with van der Waals surface area (Å²) < 4.78 is 5.99. The van der Waals surface area contributed by atoms with Gasteiger partial charge in [0.15, 0.2) is 5.78 Å². The molecule has 27 heavy (non-hydrogen) atoms. The minimum absolute atomic E-state index is 0.0492. The van der Waals surface area contributed by atoms with E-state index in [0.717, 1.165) is 34.9 Å². The summed E-state index contributed by atoms with van der Waals surface area (Å²) in [6, 6.07) is 15.9. The molecule has 0 unspecified atom stereocenters. The number of hydrogen-bond acceptors (Lipinski definition) is 3. The summed E-state index contributed by atoms with van der Waals surface area (Å²) in [4.78, 5) is 24.0.